The van der Waals surface area contributed by atoms with Gasteiger partial charge in [-0.3, -0.25) is 0 Å². The molecule has 1 N–H and O–H groups in total. The van der Waals surface area contributed by atoms with Crippen molar-refractivity contribution < 1.29 is 0 Å². The molecule has 0 unspecified atom stereocenters. The summed E-state index contributed by atoms with van der Waals surface area (Å²) in [6.45, 7) is 6.16. The molecule has 2 nitrogen and oxygen atoms in total. The fourth-order valence-corrected chi connectivity index (χ4v) is 1.83. The first kappa shape index (κ1) is 8.11. The number of rotatable bonds is 3. The zero-order chi connectivity index (χ0) is 8.39. The van der Waals surface area contributed by atoms with Crippen LogP contribution in [-0.4, -0.2) is 30.1 Å². The maximum atomic E-state index is 3.79. The number of hydrogen-bond donors (Lipinski definition) is 1. The summed E-state index contributed by atoms with van der Waals surface area (Å²) in [5.41, 5.74) is 0. The van der Waals surface area contributed by atoms with Gasteiger partial charge in [0.25, 0.3) is 0 Å². The SMILES string of the molecule is C=CN1CCC(NC2CC2)CC1. The van der Waals surface area contributed by atoms with Gasteiger partial charge >= 0.3 is 0 Å². The lowest BCUT2D eigenvalue weighted by Gasteiger charge is -2.31. The molecule has 0 aromatic carbocycles. The summed E-state index contributed by atoms with van der Waals surface area (Å²) >= 11 is 0. The second kappa shape index (κ2) is 3.48. The van der Waals surface area contributed by atoms with Crippen LogP contribution in [0.1, 0.15) is 25.7 Å². The highest BCUT2D eigenvalue weighted by atomic mass is 15.1. The molecule has 1 saturated heterocycles. The molecule has 2 heteroatoms. The summed E-state index contributed by atoms with van der Waals surface area (Å²) in [5.74, 6) is 0. The molecule has 0 amide bonds. The molecule has 12 heavy (non-hydrogen) atoms. The van der Waals surface area contributed by atoms with E-state index in [9.17, 15) is 0 Å². The topological polar surface area (TPSA) is 15.3 Å². The van der Waals surface area contributed by atoms with Crippen molar-refractivity contribution in [2.45, 2.75) is 37.8 Å². The van der Waals surface area contributed by atoms with Crippen molar-refractivity contribution in [3.63, 3.8) is 0 Å². The van der Waals surface area contributed by atoms with Crippen LogP contribution in [0, 0.1) is 0 Å². The Hall–Kier alpha value is -0.500. The second-order valence-electron chi connectivity index (χ2n) is 3.93. The minimum Gasteiger partial charge on any atom is -0.378 e. The largest absolute Gasteiger partial charge is 0.378 e. The maximum Gasteiger partial charge on any atom is 0.0187 e. The Morgan fingerprint density at radius 3 is 2.17 bits per heavy atom. The molecule has 2 aliphatic rings. The van der Waals surface area contributed by atoms with Crippen LogP contribution in [0.5, 0.6) is 0 Å². The lowest BCUT2D eigenvalue weighted by molar-refractivity contribution is 0.258. The Morgan fingerprint density at radius 1 is 1.08 bits per heavy atom. The van der Waals surface area contributed by atoms with Gasteiger partial charge in [0.1, 0.15) is 0 Å². The standard InChI is InChI=1S/C10H18N2/c1-2-12-7-5-10(6-8-12)11-9-3-4-9/h2,9-11H,1,3-8H2. The van der Waals surface area contributed by atoms with E-state index < -0.39 is 0 Å². The van der Waals surface area contributed by atoms with Gasteiger partial charge in [-0.2, -0.15) is 0 Å². The Balaban J connectivity index is 1.70. The molecule has 2 fully saturated rings. The maximum absolute atomic E-state index is 3.79. The van der Waals surface area contributed by atoms with E-state index in [0.717, 1.165) is 12.1 Å². The molecular weight excluding hydrogens is 148 g/mol. The van der Waals surface area contributed by atoms with Gasteiger partial charge in [-0.15, -0.1) is 0 Å². The Bertz CT molecular complexity index is 155. The minimum absolute atomic E-state index is 0.786. The van der Waals surface area contributed by atoms with Crippen LogP contribution in [-0.2, 0) is 0 Å². The molecule has 0 spiro atoms. The highest BCUT2D eigenvalue weighted by Gasteiger charge is 2.26. The Kier molecular flexibility index (Phi) is 2.35. The van der Waals surface area contributed by atoms with Gasteiger partial charge < -0.3 is 10.2 Å². The monoisotopic (exact) mass is 166 g/mol. The number of nitrogens with one attached hydrogen (secondary N) is 1. The molecule has 2 rings (SSSR count). The molecule has 0 aromatic rings. The number of likely N-dealkylation sites (tertiary alicyclic amines) is 1. The smallest absolute Gasteiger partial charge is 0.0187 e. The zero-order valence-electron chi connectivity index (χ0n) is 7.63. The van der Waals surface area contributed by atoms with E-state index in [1.165, 1.54) is 38.8 Å². The van der Waals surface area contributed by atoms with Crippen molar-refractivity contribution >= 4 is 0 Å². The molecule has 0 radical (unpaired) electrons. The average Bonchev–Trinajstić information content (AvgIpc) is 2.90. The highest BCUT2D eigenvalue weighted by molar-refractivity contribution is 4.88. The first-order chi connectivity index (χ1) is 5.88. The number of hydrogen-bond acceptors (Lipinski definition) is 2. The minimum atomic E-state index is 0.786. The normalized spacial score (nSPS) is 25.8. The third-order valence-corrected chi connectivity index (χ3v) is 2.84. The van der Waals surface area contributed by atoms with Gasteiger partial charge in [0.15, 0.2) is 0 Å². The molecule has 0 atom stereocenters. The fourth-order valence-electron chi connectivity index (χ4n) is 1.83. The van der Waals surface area contributed by atoms with Crippen LogP contribution < -0.4 is 5.32 Å². The van der Waals surface area contributed by atoms with Crippen LogP contribution in [0.2, 0.25) is 0 Å². The molecule has 0 bridgehead atoms. The quantitative estimate of drug-likeness (QED) is 0.680. The van der Waals surface area contributed by atoms with Gasteiger partial charge in [0, 0.05) is 25.2 Å². The molecule has 1 aliphatic carbocycles. The number of piperidine rings is 1. The summed E-state index contributed by atoms with van der Waals surface area (Å²) in [5, 5.41) is 3.68. The number of nitrogens with zero attached hydrogens (tertiary/aromatic N) is 1. The highest BCUT2D eigenvalue weighted by Crippen LogP contribution is 2.22. The van der Waals surface area contributed by atoms with Gasteiger partial charge in [0.05, 0.1) is 0 Å². The third kappa shape index (κ3) is 2.01. The summed E-state index contributed by atoms with van der Waals surface area (Å²) < 4.78 is 0. The van der Waals surface area contributed by atoms with Crippen LogP contribution >= 0.6 is 0 Å². The van der Waals surface area contributed by atoms with E-state index in [2.05, 4.69) is 16.8 Å². The fraction of sp³-hybridized carbons (Fsp3) is 0.800. The van der Waals surface area contributed by atoms with Gasteiger partial charge in [-0.05, 0) is 31.9 Å². The molecule has 1 aliphatic heterocycles. The zero-order valence-corrected chi connectivity index (χ0v) is 7.63. The lowest BCUT2D eigenvalue weighted by Crippen LogP contribution is -2.41. The van der Waals surface area contributed by atoms with Crippen LogP contribution in [0.3, 0.4) is 0 Å². The van der Waals surface area contributed by atoms with Crippen molar-refractivity contribution in [3.8, 4) is 0 Å². The van der Waals surface area contributed by atoms with Crippen molar-refractivity contribution in [1.29, 1.82) is 0 Å². The first-order valence-electron chi connectivity index (χ1n) is 5.01. The molecule has 0 aromatic heterocycles. The molecule has 1 saturated carbocycles. The van der Waals surface area contributed by atoms with E-state index in [-0.39, 0.29) is 0 Å². The van der Waals surface area contributed by atoms with Crippen molar-refractivity contribution in [1.82, 2.24) is 10.2 Å². The summed E-state index contributed by atoms with van der Waals surface area (Å²) in [6.07, 6.45) is 7.36. The average molecular weight is 166 g/mol. The molecular formula is C10H18N2. The first-order valence-corrected chi connectivity index (χ1v) is 5.01. The van der Waals surface area contributed by atoms with E-state index >= 15 is 0 Å². The second-order valence-corrected chi connectivity index (χ2v) is 3.93. The van der Waals surface area contributed by atoms with E-state index in [4.69, 9.17) is 0 Å². The summed E-state index contributed by atoms with van der Waals surface area (Å²) in [4.78, 5) is 2.31. The predicted octanol–water partition coefficient (Wildman–Crippen LogP) is 1.35. The van der Waals surface area contributed by atoms with Crippen LogP contribution in [0.25, 0.3) is 0 Å². The molecule has 68 valence electrons. The van der Waals surface area contributed by atoms with Crippen molar-refractivity contribution in [2.24, 2.45) is 0 Å². The van der Waals surface area contributed by atoms with E-state index in [1.54, 1.807) is 0 Å². The van der Waals surface area contributed by atoms with Gasteiger partial charge in [-0.1, -0.05) is 6.58 Å². The lowest BCUT2D eigenvalue weighted by atomic mass is 10.1. The van der Waals surface area contributed by atoms with Gasteiger partial charge in [-0.25, -0.2) is 0 Å². The van der Waals surface area contributed by atoms with Gasteiger partial charge in [0.2, 0.25) is 0 Å². The van der Waals surface area contributed by atoms with E-state index in [1.807, 2.05) is 6.20 Å². The summed E-state index contributed by atoms with van der Waals surface area (Å²) in [6, 6.07) is 1.65. The summed E-state index contributed by atoms with van der Waals surface area (Å²) in [7, 11) is 0. The Morgan fingerprint density at radius 2 is 1.67 bits per heavy atom. The molecule has 1 heterocycles. The predicted molar refractivity (Wildman–Crippen MR) is 50.9 cm³/mol. The van der Waals surface area contributed by atoms with Crippen molar-refractivity contribution in [3.05, 3.63) is 12.8 Å². The van der Waals surface area contributed by atoms with Crippen molar-refractivity contribution in [2.75, 3.05) is 13.1 Å². The van der Waals surface area contributed by atoms with Crippen LogP contribution in [0.4, 0.5) is 0 Å². The third-order valence-electron chi connectivity index (χ3n) is 2.84. The van der Waals surface area contributed by atoms with E-state index in [0.29, 0.717) is 0 Å². The Labute approximate surface area is 74.6 Å². The van der Waals surface area contributed by atoms with Crippen LogP contribution in [0.15, 0.2) is 12.8 Å².